The van der Waals surface area contributed by atoms with E-state index in [9.17, 15) is 9.59 Å². The van der Waals surface area contributed by atoms with E-state index >= 15 is 0 Å². The van der Waals surface area contributed by atoms with Crippen LogP contribution in [0.15, 0.2) is 65.8 Å². The molecule has 0 heterocycles. The average Bonchev–Trinajstić information content (AvgIpc) is 2.59. The lowest BCUT2D eigenvalue weighted by atomic mass is 9.96. The summed E-state index contributed by atoms with van der Waals surface area (Å²) in [7, 11) is 0. The number of hydrogen-bond acceptors (Lipinski definition) is 4. The van der Waals surface area contributed by atoms with Crippen molar-refractivity contribution < 1.29 is 9.59 Å². The molecule has 1 saturated carbocycles. The van der Waals surface area contributed by atoms with Gasteiger partial charge in [-0.3, -0.25) is 14.6 Å². The van der Waals surface area contributed by atoms with E-state index in [1.54, 1.807) is 0 Å². The average molecular weight is 320 g/mol. The predicted octanol–water partition coefficient (Wildman–Crippen LogP) is 3.37. The molecule has 24 heavy (non-hydrogen) atoms. The van der Waals surface area contributed by atoms with Crippen molar-refractivity contribution in [2.75, 3.05) is 0 Å². The summed E-state index contributed by atoms with van der Waals surface area (Å²) in [6, 6.07) is 20.1. The Morgan fingerprint density at radius 1 is 0.792 bits per heavy atom. The zero-order chi connectivity index (χ0) is 16.8. The molecule has 0 aliphatic heterocycles. The monoisotopic (exact) mass is 320 g/mol. The number of carbonyl (C=O) groups excluding carboxylic acids is 2. The molecule has 122 valence electrons. The van der Waals surface area contributed by atoms with Crippen LogP contribution < -0.4 is 0 Å². The summed E-state index contributed by atoms with van der Waals surface area (Å²) in [4.78, 5) is 23.5. The van der Waals surface area contributed by atoms with Crippen LogP contribution in [0.5, 0.6) is 0 Å². The first-order valence-electron chi connectivity index (χ1n) is 8.16. The minimum atomic E-state index is -0.141. The zero-order valence-corrected chi connectivity index (χ0v) is 13.5. The molecule has 3 rings (SSSR count). The fourth-order valence-corrected chi connectivity index (χ4v) is 2.76. The van der Waals surface area contributed by atoms with Gasteiger partial charge in [-0.05, 0) is 11.1 Å². The minimum Gasteiger partial charge on any atom is -0.299 e. The largest absolute Gasteiger partial charge is 0.299 e. The van der Waals surface area contributed by atoms with Crippen LogP contribution in [0.3, 0.4) is 0 Å². The molecular formula is C20H20N2O2. The van der Waals surface area contributed by atoms with E-state index in [-0.39, 0.29) is 18.0 Å². The third kappa shape index (κ3) is 4.38. The lowest BCUT2D eigenvalue weighted by Crippen LogP contribution is -2.28. The molecule has 0 saturated heterocycles. The highest BCUT2D eigenvalue weighted by Crippen LogP contribution is 2.14. The van der Waals surface area contributed by atoms with Gasteiger partial charge in [0, 0.05) is 12.8 Å². The van der Waals surface area contributed by atoms with Crippen LogP contribution in [0.2, 0.25) is 0 Å². The molecule has 0 atom stereocenters. The van der Waals surface area contributed by atoms with Gasteiger partial charge >= 0.3 is 0 Å². The molecule has 0 spiro atoms. The Morgan fingerprint density at radius 2 is 1.33 bits per heavy atom. The molecule has 2 aromatic rings. The van der Waals surface area contributed by atoms with Crippen molar-refractivity contribution in [3.63, 3.8) is 0 Å². The second kappa shape index (κ2) is 7.68. The van der Waals surface area contributed by atoms with Crippen molar-refractivity contribution >= 4 is 17.3 Å². The van der Waals surface area contributed by atoms with Gasteiger partial charge in [-0.2, -0.15) is 5.10 Å². The Morgan fingerprint density at radius 3 is 1.83 bits per heavy atom. The van der Waals surface area contributed by atoms with Gasteiger partial charge in [-0.25, -0.2) is 0 Å². The van der Waals surface area contributed by atoms with Crippen LogP contribution >= 0.6 is 0 Å². The van der Waals surface area contributed by atoms with Crippen LogP contribution in [0, 0.1) is 0 Å². The third-order valence-electron chi connectivity index (χ3n) is 4.00. The first-order valence-corrected chi connectivity index (χ1v) is 8.16. The number of benzene rings is 2. The molecule has 1 fully saturated rings. The summed E-state index contributed by atoms with van der Waals surface area (Å²) < 4.78 is 0. The second-order valence-corrected chi connectivity index (χ2v) is 5.98. The summed E-state index contributed by atoms with van der Waals surface area (Å²) in [6.45, 7) is 1.25. The summed E-state index contributed by atoms with van der Waals surface area (Å²) in [5, 5.41) is 6.50. The molecule has 1 aliphatic rings. The topological polar surface area (TPSA) is 49.7 Å². The molecule has 4 heteroatoms. The van der Waals surface area contributed by atoms with Gasteiger partial charge < -0.3 is 0 Å². The van der Waals surface area contributed by atoms with Crippen molar-refractivity contribution in [1.82, 2.24) is 5.01 Å². The van der Waals surface area contributed by atoms with Crippen molar-refractivity contribution in [3.8, 4) is 0 Å². The lowest BCUT2D eigenvalue weighted by molar-refractivity contribution is -0.125. The summed E-state index contributed by atoms with van der Waals surface area (Å²) >= 11 is 0. The number of hydrogen-bond donors (Lipinski definition) is 0. The van der Waals surface area contributed by atoms with Gasteiger partial charge in [0.2, 0.25) is 0 Å². The van der Waals surface area contributed by atoms with Gasteiger partial charge in [0.15, 0.2) is 5.78 Å². The first kappa shape index (κ1) is 16.1. The quantitative estimate of drug-likeness (QED) is 0.627. The number of hydrazone groups is 1. The fraction of sp³-hybridized carbons (Fsp3) is 0.250. The summed E-state index contributed by atoms with van der Waals surface area (Å²) in [6.07, 6.45) is 0.843. The fourth-order valence-electron chi connectivity index (χ4n) is 2.76. The Kier molecular flexibility index (Phi) is 5.16. The molecule has 4 nitrogen and oxygen atoms in total. The van der Waals surface area contributed by atoms with Crippen molar-refractivity contribution in [1.29, 1.82) is 0 Å². The number of ketones is 2. The first-order chi connectivity index (χ1) is 11.7. The third-order valence-corrected chi connectivity index (χ3v) is 4.00. The second-order valence-electron chi connectivity index (χ2n) is 5.98. The van der Waals surface area contributed by atoms with E-state index in [2.05, 4.69) is 5.10 Å². The minimum absolute atomic E-state index is 0.0106. The number of Topliss-reactive ketones (excluding diaryl/α,β-unsaturated/α-hetero) is 2. The van der Waals surface area contributed by atoms with Crippen molar-refractivity contribution in [2.24, 2.45) is 5.10 Å². The van der Waals surface area contributed by atoms with Gasteiger partial charge in [-0.15, -0.1) is 0 Å². The number of rotatable bonds is 5. The highest BCUT2D eigenvalue weighted by molar-refractivity contribution is 6.44. The standard InChI is InChI=1S/C20H20N2O2/c23-18-11-12-19(20(24)13-18)21-22(14-16-7-3-1-4-8-16)15-17-9-5-2-6-10-17/h1-10H,11-15H2/b21-19-. The number of nitrogens with zero attached hydrogens (tertiary/aromatic N) is 2. The van der Waals surface area contributed by atoms with E-state index in [4.69, 9.17) is 0 Å². The van der Waals surface area contributed by atoms with Crippen LogP contribution in [-0.2, 0) is 22.7 Å². The SMILES string of the molecule is O=C1CC/C(=N/N(Cc2ccccc2)Cc2ccccc2)C(=O)C1. The molecule has 2 aromatic carbocycles. The van der Waals surface area contributed by atoms with Gasteiger partial charge in [0.1, 0.15) is 11.5 Å². The molecular weight excluding hydrogens is 300 g/mol. The molecule has 1 aliphatic carbocycles. The maximum Gasteiger partial charge on any atom is 0.186 e. The zero-order valence-electron chi connectivity index (χ0n) is 13.5. The highest BCUT2D eigenvalue weighted by Gasteiger charge is 2.23. The Hall–Kier alpha value is -2.75. The molecule has 0 amide bonds. The predicted molar refractivity (Wildman–Crippen MR) is 93.4 cm³/mol. The molecule has 0 N–H and O–H groups in total. The van der Waals surface area contributed by atoms with Crippen LogP contribution in [0.1, 0.15) is 30.4 Å². The highest BCUT2D eigenvalue weighted by atomic mass is 16.1. The maximum atomic E-state index is 12.1. The van der Waals surface area contributed by atoms with Crippen molar-refractivity contribution in [3.05, 3.63) is 71.8 Å². The maximum absolute atomic E-state index is 12.1. The summed E-state index contributed by atoms with van der Waals surface area (Å²) in [5.74, 6) is -0.131. The van der Waals surface area contributed by atoms with Gasteiger partial charge in [0.05, 0.1) is 19.5 Å². The van der Waals surface area contributed by atoms with Crippen molar-refractivity contribution in [2.45, 2.75) is 32.4 Å². The van der Waals surface area contributed by atoms with E-state index in [0.717, 1.165) is 11.1 Å². The Balaban J connectivity index is 1.81. The normalized spacial score (nSPS) is 16.4. The number of carbonyl (C=O) groups is 2. The Bertz CT molecular complexity index is 697. The molecule has 0 aromatic heterocycles. The molecule has 0 radical (unpaired) electrons. The molecule has 0 unspecified atom stereocenters. The van der Waals surface area contributed by atoms with Gasteiger partial charge in [-0.1, -0.05) is 60.7 Å². The van der Waals surface area contributed by atoms with E-state index in [0.29, 0.717) is 31.6 Å². The van der Waals surface area contributed by atoms with Crippen LogP contribution in [-0.4, -0.2) is 22.3 Å². The van der Waals surface area contributed by atoms with E-state index in [1.807, 2.05) is 65.7 Å². The van der Waals surface area contributed by atoms with E-state index < -0.39 is 0 Å². The van der Waals surface area contributed by atoms with Gasteiger partial charge in [0.25, 0.3) is 0 Å². The van der Waals surface area contributed by atoms with Crippen LogP contribution in [0.4, 0.5) is 0 Å². The van der Waals surface area contributed by atoms with Crippen LogP contribution in [0.25, 0.3) is 0 Å². The molecule has 0 bridgehead atoms. The Labute approximate surface area is 141 Å². The smallest absolute Gasteiger partial charge is 0.186 e. The van der Waals surface area contributed by atoms with E-state index in [1.165, 1.54) is 0 Å². The lowest BCUT2D eigenvalue weighted by Gasteiger charge is -2.22. The summed E-state index contributed by atoms with van der Waals surface area (Å²) in [5.41, 5.74) is 2.79.